The monoisotopic (exact) mass is 351 g/mol. The van der Waals surface area contributed by atoms with Gasteiger partial charge in [-0.25, -0.2) is 14.6 Å². The first-order chi connectivity index (χ1) is 12.6. The summed E-state index contributed by atoms with van der Waals surface area (Å²) in [5.74, 6) is -0.151. The molecule has 0 saturated heterocycles. The van der Waals surface area contributed by atoms with Crippen LogP contribution < -0.4 is 4.74 Å². The van der Waals surface area contributed by atoms with Gasteiger partial charge >= 0.3 is 11.9 Å². The number of cyclic esters (lactones) is 1. The van der Waals surface area contributed by atoms with Gasteiger partial charge in [-0.15, -0.1) is 0 Å². The molecule has 3 rings (SSSR count). The Labute approximate surface area is 150 Å². The first kappa shape index (κ1) is 17.4. The molecule has 1 aliphatic rings. The molecule has 0 atom stereocenters. The zero-order valence-corrected chi connectivity index (χ0v) is 14.4. The van der Waals surface area contributed by atoms with E-state index >= 15 is 0 Å². The van der Waals surface area contributed by atoms with Crippen LogP contribution in [0.5, 0.6) is 5.75 Å². The Kier molecular flexibility index (Phi) is 5.12. The van der Waals surface area contributed by atoms with Gasteiger partial charge in [0, 0.05) is 0 Å². The molecule has 0 unspecified atom stereocenters. The number of benzene rings is 2. The van der Waals surface area contributed by atoms with E-state index < -0.39 is 11.9 Å². The van der Waals surface area contributed by atoms with Crippen molar-refractivity contribution in [2.75, 3.05) is 13.7 Å². The molecule has 0 aliphatic carbocycles. The van der Waals surface area contributed by atoms with Crippen LogP contribution in [0.4, 0.5) is 0 Å². The SMILES string of the molecule is CCOc1ccccc1C1=NC(=Cc2ccc(C(=O)OC)cc2)C(=O)O1. The Morgan fingerprint density at radius 3 is 2.58 bits per heavy atom. The summed E-state index contributed by atoms with van der Waals surface area (Å²) in [5, 5.41) is 0. The van der Waals surface area contributed by atoms with Gasteiger partial charge in [0.2, 0.25) is 5.90 Å². The Balaban J connectivity index is 1.88. The molecule has 0 radical (unpaired) electrons. The maximum atomic E-state index is 12.1. The smallest absolute Gasteiger partial charge is 0.363 e. The summed E-state index contributed by atoms with van der Waals surface area (Å²) in [4.78, 5) is 27.9. The highest BCUT2D eigenvalue weighted by atomic mass is 16.6. The highest BCUT2D eigenvalue weighted by Gasteiger charge is 2.26. The fourth-order valence-corrected chi connectivity index (χ4v) is 2.44. The molecule has 132 valence electrons. The second-order valence-electron chi connectivity index (χ2n) is 5.38. The summed E-state index contributed by atoms with van der Waals surface area (Å²) in [7, 11) is 1.32. The zero-order chi connectivity index (χ0) is 18.5. The van der Waals surface area contributed by atoms with Crippen molar-refractivity contribution in [1.82, 2.24) is 0 Å². The minimum Gasteiger partial charge on any atom is -0.493 e. The van der Waals surface area contributed by atoms with E-state index in [9.17, 15) is 9.59 Å². The number of hydrogen-bond acceptors (Lipinski definition) is 6. The van der Waals surface area contributed by atoms with E-state index in [2.05, 4.69) is 9.73 Å². The van der Waals surface area contributed by atoms with Crippen molar-refractivity contribution >= 4 is 23.9 Å². The average molecular weight is 351 g/mol. The van der Waals surface area contributed by atoms with Crippen molar-refractivity contribution in [3.63, 3.8) is 0 Å². The molecule has 26 heavy (non-hydrogen) atoms. The fraction of sp³-hybridized carbons (Fsp3) is 0.150. The third-order valence-electron chi connectivity index (χ3n) is 3.67. The second-order valence-corrected chi connectivity index (χ2v) is 5.38. The minimum atomic E-state index is -0.539. The predicted octanol–water partition coefficient (Wildman–Crippen LogP) is 3.22. The van der Waals surface area contributed by atoms with Crippen LogP contribution in [0.15, 0.2) is 59.2 Å². The molecule has 1 heterocycles. The van der Waals surface area contributed by atoms with E-state index in [4.69, 9.17) is 9.47 Å². The van der Waals surface area contributed by atoms with E-state index in [1.54, 1.807) is 42.5 Å². The number of para-hydroxylation sites is 1. The normalized spacial score (nSPS) is 14.8. The van der Waals surface area contributed by atoms with Gasteiger partial charge in [0.05, 0.1) is 24.8 Å². The Morgan fingerprint density at radius 2 is 1.88 bits per heavy atom. The summed E-state index contributed by atoms with van der Waals surface area (Å²) in [6.07, 6.45) is 1.60. The number of nitrogens with zero attached hydrogens (tertiary/aromatic N) is 1. The lowest BCUT2D eigenvalue weighted by Crippen LogP contribution is -2.07. The molecular formula is C20H17NO5. The van der Waals surface area contributed by atoms with Gasteiger partial charge in [0.15, 0.2) is 5.70 Å². The Morgan fingerprint density at radius 1 is 1.15 bits per heavy atom. The molecule has 2 aromatic carbocycles. The highest BCUT2D eigenvalue weighted by Crippen LogP contribution is 2.25. The van der Waals surface area contributed by atoms with Crippen LogP contribution in [0, 0.1) is 0 Å². The van der Waals surface area contributed by atoms with Gasteiger partial charge in [-0.05, 0) is 42.8 Å². The van der Waals surface area contributed by atoms with Crippen molar-refractivity contribution in [2.45, 2.75) is 6.92 Å². The lowest BCUT2D eigenvalue weighted by atomic mass is 10.1. The summed E-state index contributed by atoms with van der Waals surface area (Å²) in [5.41, 5.74) is 1.94. The summed E-state index contributed by atoms with van der Waals surface area (Å²) < 4.78 is 15.5. The van der Waals surface area contributed by atoms with Gasteiger partial charge in [-0.1, -0.05) is 24.3 Å². The first-order valence-electron chi connectivity index (χ1n) is 8.05. The first-order valence-corrected chi connectivity index (χ1v) is 8.05. The van der Waals surface area contributed by atoms with Crippen LogP contribution in [0.25, 0.3) is 6.08 Å². The van der Waals surface area contributed by atoms with E-state index in [0.717, 1.165) is 0 Å². The molecule has 1 aliphatic heterocycles. The van der Waals surface area contributed by atoms with Crippen molar-refractivity contribution in [3.05, 3.63) is 70.9 Å². The Bertz CT molecular complexity index is 897. The van der Waals surface area contributed by atoms with Crippen molar-refractivity contribution < 1.29 is 23.8 Å². The lowest BCUT2D eigenvalue weighted by molar-refractivity contribution is -0.129. The van der Waals surface area contributed by atoms with Crippen LogP contribution in [0.2, 0.25) is 0 Å². The van der Waals surface area contributed by atoms with Gasteiger partial charge in [0.1, 0.15) is 5.75 Å². The van der Waals surface area contributed by atoms with Crippen molar-refractivity contribution in [2.24, 2.45) is 4.99 Å². The minimum absolute atomic E-state index is 0.178. The molecule has 0 saturated carbocycles. The molecular weight excluding hydrogens is 334 g/mol. The topological polar surface area (TPSA) is 74.2 Å². The van der Waals surface area contributed by atoms with Crippen LogP contribution in [0.3, 0.4) is 0 Å². The number of ether oxygens (including phenoxy) is 3. The van der Waals surface area contributed by atoms with Crippen LogP contribution in [-0.4, -0.2) is 31.6 Å². The predicted molar refractivity (Wildman–Crippen MR) is 96.0 cm³/mol. The van der Waals surface area contributed by atoms with Crippen molar-refractivity contribution in [1.29, 1.82) is 0 Å². The zero-order valence-electron chi connectivity index (χ0n) is 14.4. The number of carbonyl (C=O) groups is 2. The van der Waals surface area contributed by atoms with E-state index in [-0.39, 0.29) is 11.6 Å². The number of rotatable bonds is 5. The molecule has 0 aromatic heterocycles. The van der Waals surface area contributed by atoms with Crippen LogP contribution in [0.1, 0.15) is 28.4 Å². The number of carbonyl (C=O) groups excluding carboxylic acids is 2. The fourth-order valence-electron chi connectivity index (χ4n) is 2.44. The number of hydrogen-bond donors (Lipinski definition) is 0. The van der Waals surface area contributed by atoms with Crippen LogP contribution >= 0.6 is 0 Å². The van der Waals surface area contributed by atoms with E-state index in [1.165, 1.54) is 7.11 Å². The highest BCUT2D eigenvalue weighted by molar-refractivity contribution is 6.13. The molecule has 0 fully saturated rings. The van der Waals surface area contributed by atoms with Gasteiger partial charge in [0.25, 0.3) is 0 Å². The maximum Gasteiger partial charge on any atom is 0.363 e. The van der Waals surface area contributed by atoms with Crippen molar-refractivity contribution in [3.8, 4) is 5.75 Å². The molecule has 6 nitrogen and oxygen atoms in total. The third kappa shape index (κ3) is 3.64. The molecule has 6 heteroatoms. The summed E-state index contributed by atoms with van der Waals surface area (Å²) >= 11 is 0. The lowest BCUT2D eigenvalue weighted by Gasteiger charge is -2.08. The largest absolute Gasteiger partial charge is 0.493 e. The summed E-state index contributed by atoms with van der Waals surface area (Å²) in [6.45, 7) is 2.37. The molecule has 2 aromatic rings. The van der Waals surface area contributed by atoms with E-state index in [0.29, 0.717) is 29.0 Å². The third-order valence-corrected chi connectivity index (χ3v) is 3.67. The van der Waals surface area contributed by atoms with E-state index in [1.807, 2.05) is 19.1 Å². The maximum absolute atomic E-state index is 12.1. The molecule has 0 amide bonds. The standard InChI is InChI=1S/C20H17NO5/c1-3-25-17-7-5-4-6-15(17)18-21-16(20(23)26-18)12-13-8-10-14(11-9-13)19(22)24-2/h4-12H,3H2,1-2H3. The van der Waals surface area contributed by atoms with Gasteiger partial charge in [-0.3, -0.25) is 0 Å². The van der Waals surface area contributed by atoms with Gasteiger partial charge < -0.3 is 14.2 Å². The number of aliphatic imine (C=N–C) groups is 1. The Hall–Kier alpha value is -3.41. The van der Waals surface area contributed by atoms with Crippen LogP contribution in [-0.2, 0) is 14.3 Å². The van der Waals surface area contributed by atoms with Gasteiger partial charge in [-0.2, -0.15) is 0 Å². The second kappa shape index (κ2) is 7.65. The number of esters is 2. The molecule has 0 bridgehead atoms. The quantitative estimate of drug-likeness (QED) is 0.611. The average Bonchev–Trinajstić information content (AvgIpc) is 3.03. The molecule has 0 spiro atoms. The summed E-state index contributed by atoms with van der Waals surface area (Å²) in [6, 6.07) is 13.9. The molecule has 0 N–H and O–H groups in total. The number of methoxy groups -OCH3 is 1.